The Morgan fingerprint density at radius 3 is 2.89 bits per heavy atom. The van der Waals surface area contributed by atoms with Crippen LogP contribution in [0.3, 0.4) is 0 Å². The summed E-state index contributed by atoms with van der Waals surface area (Å²) in [6.07, 6.45) is 0.497. The maximum absolute atomic E-state index is 12.1. The van der Waals surface area contributed by atoms with Crippen LogP contribution in [0.1, 0.15) is 13.3 Å². The van der Waals surface area contributed by atoms with Crippen molar-refractivity contribution >= 4 is 33.0 Å². The number of rotatable bonds is 4. The molecule has 18 heavy (non-hydrogen) atoms. The number of thiophene rings is 1. The van der Waals surface area contributed by atoms with E-state index in [0.29, 0.717) is 13.0 Å². The molecule has 2 aromatic rings. The first-order valence-electron chi connectivity index (χ1n) is 6.06. The first-order valence-corrected chi connectivity index (χ1v) is 6.94. The minimum atomic E-state index is 0.122. The Morgan fingerprint density at radius 2 is 2.17 bits per heavy atom. The van der Waals surface area contributed by atoms with Crippen LogP contribution in [0.2, 0.25) is 0 Å². The highest BCUT2D eigenvalue weighted by molar-refractivity contribution is 7.17. The van der Waals surface area contributed by atoms with Gasteiger partial charge in [0, 0.05) is 28.9 Å². The Labute approximate surface area is 111 Å². The van der Waals surface area contributed by atoms with Gasteiger partial charge in [-0.25, -0.2) is 0 Å². The average Bonchev–Trinajstić information content (AvgIpc) is 2.81. The monoisotopic (exact) mass is 262 g/mol. The van der Waals surface area contributed by atoms with E-state index in [1.807, 2.05) is 31.5 Å². The second-order valence-electron chi connectivity index (χ2n) is 4.61. The molecule has 0 aliphatic heterocycles. The molecule has 1 heterocycles. The van der Waals surface area contributed by atoms with E-state index in [1.165, 1.54) is 4.70 Å². The van der Waals surface area contributed by atoms with E-state index in [0.717, 1.165) is 11.1 Å². The number of hydrogen-bond acceptors (Lipinski definition) is 3. The minimum Gasteiger partial charge on any atom is -0.330 e. The van der Waals surface area contributed by atoms with Gasteiger partial charge in [-0.1, -0.05) is 25.1 Å². The highest BCUT2D eigenvalue weighted by Gasteiger charge is 2.16. The van der Waals surface area contributed by atoms with Gasteiger partial charge < -0.3 is 10.6 Å². The summed E-state index contributed by atoms with van der Waals surface area (Å²) >= 11 is 1.67. The van der Waals surface area contributed by atoms with Gasteiger partial charge in [0.2, 0.25) is 5.91 Å². The zero-order valence-electron chi connectivity index (χ0n) is 10.7. The summed E-state index contributed by atoms with van der Waals surface area (Å²) in [4.78, 5) is 13.9. The zero-order chi connectivity index (χ0) is 13.1. The second-order valence-corrected chi connectivity index (χ2v) is 5.53. The summed E-state index contributed by atoms with van der Waals surface area (Å²) in [7, 11) is 1.83. The van der Waals surface area contributed by atoms with Crippen molar-refractivity contribution < 1.29 is 4.79 Å². The van der Waals surface area contributed by atoms with Gasteiger partial charge in [-0.3, -0.25) is 4.79 Å². The van der Waals surface area contributed by atoms with Crippen molar-refractivity contribution in [3.63, 3.8) is 0 Å². The van der Waals surface area contributed by atoms with E-state index in [1.54, 1.807) is 16.2 Å². The lowest BCUT2D eigenvalue weighted by molar-refractivity contribution is -0.119. The predicted molar refractivity (Wildman–Crippen MR) is 78.1 cm³/mol. The van der Waals surface area contributed by atoms with Crippen LogP contribution < -0.4 is 10.6 Å². The number of fused-ring (bicyclic) bond motifs is 1. The summed E-state index contributed by atoms with van der Waals surface area (Å²) in [5.74, 6) is 0.348. The zero-order valence-corrected chi connectivity index (χ0v) is 11.5. The fourth-order valence-electron chi connectivity index (χ4n) is 1.88. The third kappa shape index (κ3) is 2.54. The Kier molecular flexibility index (Phi) is 3.99. The molecule has 4 heteroatoms. The fraction of sp³-hybridized carbons (Fsp3) is 0.357. The van der Waals surface area contributed by atoms with Crippen LogP contribution in [0, 0.1) is 5.92 Å². The highest BCUT2D eigenvalue weighted by Crippen LogP contribution is 2.32. The van der Waals surface area contributed by atoms with E-state index in [4.69, 9.17) is 5.73 Å². The number of carbonyl (C=O) groups is 1. The molecule has 1 aromatic heterocycles. The molecular formula is C14H18N2OS. The first-order chi connectivity index (χ1) is 8.63. The molecular weight excluding hydrogens is 244 g/mol. The molecule has 1 aromatic carbocycles. The standard InChI is InChI=1S/C14H18N2OS/c1-10(8-15)7-14(17)16(2)12-9-18-13-6-4-3-5-11(12)13/h3-6,9-10H,7-8,15H2,1-2H3. The van der Waals surface area contributed by atoms with Crippen LogP contribution >= 0.6 is 11.3 Å². The van der Waals surface area contributed by atoms with Crippen molar-refractivity contribution in [2.75, 3.05) is 18.5 Å². The van der Waals surface area contributed by atoms with Crippen molar-refractivity contribution in [2.45, 2.75) is 13.3 Å². The second kappa shape index (κ2) is 5.50. The highest BCUT2D eigenvalue weighted by atomic mass is 32.1. The third-order valence-electron chi connectivity index (χ3n) is 3.12. The lowest BCUT2D eigenvalue weighted by Gasteiger charge is -2.18. The summed E-state index contributed by atoms with van der Waals surface area (Å²) in [5.41, 5.74) is 6.55. The summed E-state index contributed by atoms with van der Waals surface area (Å²) < 4.78 is 1.21. The van der Waals surface area contributed by atoms with Crippen molar-refractivity contribution in [3.05, 3.63) is 29.6 Å². The molecule has 0 aliphatic carbocycles. The molecule has 1 unspecified atom stereocenters. The molecule has 3 nitrogen and oxygen atoms in total. The average molecular weight is 262 g/mol. The van der Waals surface area contributed by atoms with E-state index in [2.05, 4.69) is 12.1 Å². The van der Waals surface area contributed by atoms with E-state index >= 15 is 0 Å². The summed E-state index contributed by atoms with van der Waals surface area (Å²) in [6, 6.07) is 8.14. The number of nitrogens with two attached hydrogens (primary N) is 1. The number of benzene rings is 1. The summed E-state index contributed by atoms with van der Waals surface area (Å²) in [5, 5.41) is 3.18. The molecule has 0 saturated heterocycles. The van der Waals surface area contributed by atoms with Crippen LogP contribution in [-0.4, -0.2) is 19.5 Å². The van der Waals surface area contributed by atoms with E-state index < -0.39 is 0 Å². The molecule has 96 valence electrons. The predicted octanol–water partition coefficient (Wildman–Crippen LogP) is 2.85. The van der Waals surface area contributed by atoms with Crippen molar-refractivity contribution in [1.82, 2.24) is 0 Å². The van der Waals surface area contributed by atoms with Crippen LogP contribution in [0.15, 0.2) is 29.6 Å². The van der Waals surface area contributed by atoms with Crippen molar-refractivity contribution in [1.29, 1.82) is 0 Å². The Balaban J connectivity index is 2.23. The van der Waals surface area contributed by atoms with Crippen molar-refractivity contribution in [2.24, 2.45) is 11.7 Å². The Hall–Kier alpha value is -1.39. The first kappa shape index (κ1) is 13.1. The molecule has 1 amide bonds. The van der Waals surface area contributed by atoms with Gasteiger partial charge in [0.15, 0.2) is 0 Å². The van der Waals surface area contributed by atoms with Gasteiger partial charge in [-0.2, -0.15) is 0 Å². The summed E-state index contributed by atoms with van der Waals surface area (Å²) in [6.45, 7) is 2.54. The van der Waals surface area contributed by atoms with E-state index in [-0.39, 0.29) is 11.8 Å². The number of anilines is 1. The molecule has 0 saturated carbocycles. The quantitative estimate of drug-likeness (QED) is 0.921. The fourth-order valence-corrected chi connectivity index (χ4v) is 2.86. The van der Waals surface area contributed by atoms with Gasteiger partial charge in [-0.15, -0.1) is 11.3 Å². The lowest BCUT2D eigenvalue weighted by Crippen LogP contribution is -2.29. The largest absolute Gasteiger partial charge is 0.330 e. The van der Waals surface area contributed by atoms with Crippen LogP contribution in [0.4, 0.5) is 5.69 Å². The van der Waals surface area contributed by atoms with Crippen molar-refractivity contribution in [3.8, 4) is 0 Å². The van der Waals surface area contributed by atoms with Gasteiger partial charge in [0.05, 0.1) is 5.69 Å². The van der Waals surface area contributed by atoms with Crippen LogP contribution in [0.25, 0.3) is 10.1 Å². The SMILES string of the molecule is CC(CN)CC(=O)N(C)c1csc2ccccc12. The molecule has 0 aliphatic rings. The van der Waals surface area contributed by atoms with Gasteiger partial charge in [0.1, 0.15) is 0 Å². The maximum atomic E-state index is 12.1. The van der Waals surface area contributed by atoms with Gasteiger partial charge >= 0.3 is 0 Å². The molecule has 2 N–H and O–H groups in total. The topological polar surface area (TPSA) is 46.3 Å². The lowest BCUT2D eigenvalue weighted by atomic mass is 10.1. The molecule has 0 radical (unpaired) electrons. The Bertz CT molecular complexity index is 549. The molecule has 2 rings (SSSR count). The van der Waals surface area contributed by atoms with E-state index in [9.17, 15) is 4.79 Å². The number of hydrogen-bond donors (Lipinski definition) is 1. The van der Waals surface area contributed by atoms with Crippen LogP contribution in [-0.2, 0) is 4.79 Å². The minimum absolute atomic E-state index is 0.122. The molecule has 0 spiro atoms. The number of carbonyl (C=O) groups excluding carboxylic acids is 1. The third-order valence-corrected chi connectivity index (χ3v) is 4.07. The normalized spacial score (nSPS) is 12.6. The maximum Gasteiger partial charge on any atom is 0.227 e. The smallest absolute Gasteiger partial charge is 0.227 e. The number of amides is 1. The van der Waals surface area contributed by atoms with Gasteiger partial charge in [0.25, 0.3) is 0 Å². The van der Waals surface area contributed by atoms with Gasteiger partial charge in [-0.05, 0) is 18.5 Å². The van der Waals surface area contributed by atoms with Crippen LogP contribution in [0.5, 0.6) is 0 Å². The molecule has 1 atom stereocenters. The Morgan fingerprint density at radius 1 is 1.44 bits per heavy atom. The molecule has 0 bridgehead atoms. The molecule has 0 fully saturated rings. The number of nitrogens with zero attached hydrogens (tertiary/aromatic N) is 1.